The first kappa shape index (κ1) is 15.3. The van der Waals surface area contributed by atoms with Crippen LogP contribution in [0.5, 0.6) is 0 Å². The Kier molecular flexibility index (Phi) is 4.39. The molecule has 1 saturated carbocycles. The third kappa shape index (κ3) is 3.33. The van der Waals surface area contributed by atoms with Gasteiger partial charge in [0.05, 0.1) is 5.69 Å². The zero-order chi connectivity index (χ0) is 14.9. The molecule has 1 aliphatic carbocycles. The Balaban J connectivity index is 2.27. The molecule has 0 radical (unpaired) electrons. The Morgan fingerprint density at radius 1 is 1.35 bits per heavy atom. The van der Waals surface area contributed by atoms with Crippen molar-refractivity contribution in [3.05, 3.63) is 23.3 Å². The van der Waals surface area contributed by atoms with Crippen LogP contribution in [-0.2, 0) is 10.0 Å². The molecule has 3 N–H and O–H groups in total. The molecule has 5 heteroatoms. The van der Waals surface area contributed by atoms with Crippen molar-refractivity contribution in [1.82, 2.24) is 4.72 Å². The number of nitrogens with one attached hydrogen (secondary N) is 1. The smallest absolute Gasteiger partial charge is 0.243 e. The molecule has 0 heterocycles. The first-order chi connectivity index (χ1) is 9.35. The van der Waals surface area contributed by atoms with Crippen LogP contribution in [0.15, 0.2) is 17.0 Å². The molecule has 1 aromatic rings. The van der Waals surface area contributed by atoms with Gasteiger partial charge in [0.25, 0.3) is 0 Å². The number of anilines is 1. The quantitative estimate of drug-likeness (QED) is 0.793. The normalized spacial score (nSPS) is 17.1. The lowest BCUT2D eigenvalue weighted by atomic mass is 10.1. The van der Waals surface area contributed by atoms with Gasteiger partial charge in [0.2, 0.25) is 10.0 Å². The predicted octanol–water partition coefficient (Wildman–Crippen LogP) is 2.74. The number of benzene rings is 1. The SMILES string of the molecule is CCC(CC1CC1)NS(=O)(=O)c1c(N)ccc(C)c1C. The van der Waals surface area contributed by atoms with E-state index in [9.17, 15) is 8.42 Å². The highest BCUT2D eigenvalue weighted by atomic mass is 32.2. The number of aryl methyl sites for hydroxylation is 1. The van der Waals surface area contributed by atoms with Gasteiger partial charge < -0.3 is 5.73 Å². The van der Waals surface area contributed by atoms with Crippen LogP contribution in [0, 0.1) is 19.8 Å². The Hall–Kier alpha value is -1.07. The van der Waals surface area contributed by atoms with Crippen molar-refractivity contribution in [2.45, 2.75) is 57.4 Å². The second kappa shape index (κ2) is 5.74. The number of nitrogens with two attached hydrogens (primary N) is 1. The van der Waals surface area contributed by atoms with Crippen molar-refractivity contribution in [1.29, 1.82) is 0 Å². The van der Waals surface area contributed by atoms with Crippen molar-refractivity contribution < 1.29 is 8.42 Å². The molecule has 0 aromatic heterocycles. The van der Waals surface area contributed by atoms with Gasteiger partial charge in [-0.25, -0.2) is 13.1 Å². The van der Waals surface area contributed by atoms with Crippen molar-refractivity contribution in [2.24, 2.45) is 5.92 Å². The lowest BCUT2D eigenvalue weighted by Gasteiger charge is -2.19. The molecule has 2 rings (SSSR count). The summed E-state index contributed by atoms with van der Waals surface area (Å²) in [6.07, 6.45) is 4.19. The van der Waals surface area contributed by atoms with Gasteiger partial charge in [0, 0.05) is 6.04 Å². The van der Waals surface area contributed by atoms with Crippen LogP contribution in [0.3, 0.4) is 0 Å². The van der Waals surface area contributed by atoms with Gasteiger partial charge in [-0.15, -0.1) is 0 Å². The van der Waals surface area contributed by atoms with Crippen LogP contribution in [0.2, 0.25) is 0 Å². The summed E-state index contributed by atoms with van der Waals surface area (Å²) in [7, 11) is -3.55. The Morgan fingerprint density at radius 2 is 2.00 bits per heavy atom. The number of nitrogen functional groups attached to an aromatic ring is 1. The number of hydrogen-bond donors (Lipinski definition) is 2. The fraction of sp³-hybridized carbons (Fsp3) is 0.600. The highest BCUT2D eigenvalue weighted by molar-refractivity contribution is 7.89. The number of sulfonamides is 1. The van der Waals surface area contributed by atoms with Gasteiger partial charge in [-0.1, -0.05) is 25.8 Å². The summed E-state index contributed by atoms with van der Waals surface area (Å²) in [5.41, 5.74) is 7.88. The summed E-state index contributed by atoms with van der Waals surface area (Å²) in [5.74, 6) is 0.693. The van der Waals surface area contributed by atoms with Crippen LogP contribution >= 0.6 is 0 Å². The number of hydrogen-bond acceptors (Lipinski definition) is 3. The second-order valence-electron chi connectivity index (χ2n) is 5.83. The average Bonchev–Trinajstić information content (AvgIpc) is 3.17. The summed E-state index contributed by atoms with van der Waals surface area (Å²) >= 11 is 0. The Bertz CT molecular complexity index is 592. The molecule has 112 valence electrons. The highest BCUT2D eigenvalue weighted by Gasteiger charge is 2.29. The zero-order valence-electron chi connectivity index (χ0n) is 12.4. The van der Waals surface area contributed by atoms with E-state index in [1.54, 1.807) is 6.07 Å². The van der Waals surface area contributed by atoms with Crippen LogP contribution in [0.4, 0.5) is 5.69 Å². The van der Waals surface area contributed by atoms with E-state index in [-0.39, 0.29) is 10.9 Å². The molecule has 20 heavy (non-hydrogen) atoms. The summed E-state index contributed by atoms with van der Waals surface area (Å²) in [6, 6.07) is 3.52. The van der Waals surface area contributed by atoms with Gasteiger partial charge in [-0.3, -0.25) is 0 Å². The first-order valence-corrected chi connectivity index (χ1v) is 8.71. The third-order valence-corrected chi connectivity index (χ3v) is 5.83. The Labute approximate surface area is 121 Å². The summed E-state index contributed by atoms with van der Waals surface area (Å²) in [4.78, 5) is 0.242. The van der Waals surface area contributed by atoms with Gasteiger partial charge in [0.1, 0.15) is 4.90 Å². The molecular formula is C15H24N2O2S. The van der Waals surface area contributed by atoms with E-state index in [1.165, 1.54) is 12.8 Å². The summed E-state index contributed by atoms with van der Waals surface area (Å²) < 4.78 is 28.0. The first-order valence-electron chi connectivity index (χ1n) is 7.23. The van der Waals surface area contributed by atoms with Crippen LogP contribution in [0.25, 0.3) is 0 Å². The maximum Gasteiger partial charge on any atom is 0.243 e. The lowest BCUT2D eigenvalue weighted by molar-refractivity contribution is 0.495. The highest BCUT2D eigenvalue weighted by Crippen LogP contribution is 2.34. The molecule has 0 amide bonds. The molecule has 0 bridgehead atoms. The van der Waals surface area contributed by atoms with Crippen LogP contribution < -0.4 is 10.5 Å². The van der Waals surface area contributed by atoms with Gasteiger partial charge in [-0.2, -0.15) is 0 Å². The molecule has 0 saturated heterocycles. The molecule has 0 aliphatic heterocycles. The Morgan fingerprint density at radius 3 is 2.55 bits per heavy atom. The standard InChI is InChI=1S/C15H24N2O2S/c1-4-13(9-12-6-7-12)17-20(18,19)15-11(3)10(2)5-8-14(15)16/h5,8,12-13,17H,4,6-7,9,16H2,1-3H3. The maximum atomic E-state index is 12.6. The van der Waals surface area contributed by atoms with E-state index >= 15 is 0 Å². The van der Waals surface area contributed by atoms with Gasteiger partial charge in [0.15, 0.2) is 0 Å². The summed E-state index contributed by atoms with van der Waals surface area (Å²) in [5, 5.41) is 0. The molecule has 0 spiro atoms. The fourth-order valence-electron chi connectivity index (χ4n) is 2.50. The topological polar surface area (TPSA) is 72.2 Å². The second-order valence-corrected chi connectivity index (χ2v) is 7.48. The van der Waals surface area contributed by atoms with Crippen LogP contribution in [0.1, 0.15) is 43.7 Å². The van der Waals surface area contributed by atoms with E-state index in [4.69, 9.17) is 5.73 Å². The molecule has 1 aromatic carbocycles. The molecule has 1 unspecified atom stereocenters. The van der Waals surface area contributed by atoms with Crippen molar-refractivity contribution in [2.75, 3.05) is 5.73 Å². The van der Waals surface area contributed by atoms with Gasteiger partial charge >= 0.3 is 0 Å². The average molecular weight is 296 g/mol. The minimum atomic E-state index is -3.55. The fourth-order valence-corrected chi connectivity index (χ4v) is 4.26. The van der Waals surface area contributed by atoms with E-state index in [2.05, 4.69) is 4.72 Å². The van der Waals surface area contributed by atoms with Crippen molar-refractivity contribution in [3.63, 3.8) is 0 Å². The van der Waals surface area contributed by atoms with Crippen molar-refractivity contribution in [3.8, 4) is 0 Å². The van der Waals surface area contributed by atoms with E-state index in [0.29, 0.717) is 11.6 Å². The molecule has 1 aliphatic rings. The molecule has 4 nitrogen and oxygen atoms in total. The minimum Gasteiger partial charge on any atom is -0.398 e. The van der Waals surface area contributed by atoms with Crippen LogP contribution in [-0.4, -0.2) is 14.5 Å². The minimum absolute atomic E-state index is 0.00631. The third-order valence-electron chi connectivity index (χ3n) is 4.11. The largest absolute Gasteiger partial charge is 0.398 e. The van der Waals surface area contributed by atoms with E-state index in [0.717, 1.165) is 24.0 Å². The molecule has 1 atom stereocenters. The number of rotatable bonds is 6. The van der Waals surface area contributed by atoms with Crippen molar-refractivity contribution >= 4 is 15.7 Å². The predicted molar refractivity (Wildman–Crippen MR) is 82.1 cm³/mol. The molecule has 1 fully saturated rings. The maximum absolute atomic E-state index is 12.6. The van der Waals surface area contributed by atoms with Gasteiger partial charge in [-0.05, 0) is 49.8 Å². The zero-order valence-corrected chi connectivity index (χ0v) is 13.3. The lowest BCUT2D eigenvalue weighted by Crippen LogP contribution is -2.35. The van der Waals surface area contributed by atoms with E-state index in [1.807, 2.05) is 26.8 Å². The summed E-state index contributed by atoms with van der Waals surface area (Å²) in [6.45, 7) is 5.72. The van der Waals surface area contributed by atoms with E-state index < -0.39 is 10.0 Å². The molecular weight excluding hydrogens is 272 g/mol. The monoisotopic (exact) mass is 296 g/mol.